The highest BCUT2D eigenvalue weighted by Crippen LogP contribution is 2.57. The van der Waals surface area contributed by atoms with E-state index in [1.807, 2.05) is 11.3 Å². The lowest BCUT2D eigenvalue weighted by atomic mass is 9.77. The van der Waals surface area contributed by atoms with Gasteiger partial charge in [0, 0.05) is 54.0 Å². The van der Waals surface area contributed by atoms with Crippen LogP contribution in [0.25, 0.3) is 208 Å². The van der Waals surface area contributed by atoms with E-state index in [2.05, 4.69) is 556 Å². The first-order valence-electron chi connectivity index (χ1n) is 47.1. The summed E-state index contributed by atoms with van der Waals surface area (Å²) in [5.41, 5.74) is 35.4. The summed E-state index contributed by atoms with van der Waals surface area (Å²) in [4.78, 5) is 4.81. The molecule has 137 heavy (non-hydrogen) atoms. The molecule has 0 bridgehead atoms. The lowest BCUT2D eigenvalue weighted by Gasteiger charge is -2.28. The zero-order chi connectivity index (χ0) is 90.9. The average molecular weight is 1760 g/mol. The first-order chi connectivity index (χ1) is 68.0. The van der Waals surface area contributed by atoms with Crippen LogP contribution in [0, 0.1) is 0 Å². The maximum Gasteiger partial charge on any atom is 0.0540 e. The van der Waals surface area contributed by atoms with Gasteiger partial charge in [0.05, 0.1) is 5.69 Å². The van der Waals surface area contributed by atoms with Crippen molar-refractivity contribution in [2.24, 2.45) is 0 Å². The van der Waals surface area contributed by atoms with Crippen LogP contribution in [0.2, 0.25) is 0 Å². The summed E-state index contributed by atoms with van der Waals surface area (Å²) < 4.78 is 2.58. The molecule has 0 saturated heterocycles. The molecule has 0 spiro atoms. The molecule has 0 fully saturated rings. The van der Waals surface area contributed by atoms with Crippen LogP contribution in [0.5, 0.6) is 0 Å². The van der Waals surface area contributed by atoms with Crippen LogP contribution in [0.1, 0.15) is 0 Å². The van der Waals surface area contributed by atoms with Gasteiger partial charge in [-0.2, -0.15) is 0 Å². The fraction of sp³-hybridized carbons (Fsp3) is 0. The predicted molar refractivity (Wildman–Crippen MR) is 588 cm³/mol. The zero-order valence-corrected chi connectivity index (χ0v) is 76.1. The fourth-order valence-electron chi connectivity index (χ4n) is 20.9. The molecule has 2 nitrogen and oxygen atoms in total. The molecule has 0 aliphatic rings. The van der Waals surface area contributed by atoms with Gasteiger partial charge in [-0.05, 0) is 261 Å². The summed E-state index contributed by atoms with van der Waals surface area (Å²) in [5, 5.41) is 14.9. The van der Waals surface area contributed by atoms with Gasteiger partial charge in [-0.25, -0.2) is 0 Å². The molecule has 0 saturated carbocycles. The molecular formula is C134H90N2S. The highest BCUT2D eigenvalue weighted by molar-refractivity contribution is 7.25. The molecule has 0 aliphatic carbocycles. The third-order valence-corrected chi connectivity index (χ3v) is 28.2. The molecule has 0 unspecified atom stereocenters. The summed E-state index contributed by atoms with van der Waals surface area (Å²) in [6.07, 6.45) is 0. The van der Waals surface area contributed by atoms with E-state index >= 15 is 0 Å². The first kappa shape index (κ1) is 82.5. The van der Waals surface area contributed by atoms with E-state index in [0.29, 0.717) is 0 Å². The minimum Gasteiger partial charge on any atom is -0.310 e. The first-order valence-corrected chi connectivity index (χ1v) is 47.9. The quantitative estimate of drug-likeness (QED) is 0.0845. The Hall–Kier alpha value is -17.6. The van der Waals surface area contributed by atoms with Gasteiger partial charge >= 0.3 is 0 Å². The molecule has 25 rings (SSSR count). The highest BCUT2D eigenvalue weighted by atomic mass is 32.1. The normalized spacial score (nSPS) is 11.4. The van der Waals surface area contributed by atoms with E-state index < -0.39 is 0 Å². The van der Waals surface area contributed by atoms with Crippen molar-refractivity contribution in [1.29, 1.82) is 0 Å². The Morgan fingerprint density at radius 2 is 0.423 bits per heavy atom. The van der Waals surface area contributed by atoms with E-state index in [0.717, 1.165) is 45.3 Å². The van der Waals surface area contributed by atoms with Crippen molar-refractivity contribution in [3.8, 4) is 134 Å². The van der Waals surface area contributed by atoms with Crippen molar-refractivity contribution >= 4 is 119 Å². The summed E-state index contributed by atoms with van der Waals surface area (Å²) in [6.45, 7) is 0. The monoisotopic (exact) mass is 1760 g/mol. The van der Waals surface area contributed by atoms with E-state index in [4.69, 9.17) is 0 Å². The van der Waals surface area contributed by atoms with Gasteiger partial charge in [0.25, 0.3) is 0 Å². The van der Waals surface area contributed by atoms with Gasteiger partial charge in [0.2, 0.25) is 0 Å². The minimum atomic E-state index is 1.09. The van der Waals surface area contributed by atoms with Crippen LogP contribution >= 0.6 is 11.3 Å². The molecule has 24 aromatic carbocycles. The van der Waals surface area contributed by atoms with Crippen molar-refractivity contribution in [3.63, 3.8) is 0 Å². The van der Waals surface area contributed by atoms with Crippen molar-refractivity contribution in [2.45, 2.75) is 0 Å². The number of thiophene rings is 1. The summed E-state index contributed by atoms with van der Waals surface area (Å²) in [6, 6.07) is 200. The topological polar surface area (TPSA) is 6.48 Å². The zero-order valence-electron chi connectivity index (χ0n) is 75.3. The number of hydrogen-bond donors (Lipinski definition) is 0. The summed E-state index contributed by atoms with van der Waals surface area (Å²) >= 11 is 1.86. The molecule has 1 heterocycles. The van der Waals surface area contributed by atoms with Crippen molar-refractivity contribution in [2.75, 3.05) is 9.80 Å². The highest BCUT2D eigenvalue weighted by Gasteiger charge is 2.30. The van der Waals surface area contributed by atoms with Crippen LogP contribution in [0.15, 0.2) is 546 Å². The average Bonchev–Trinajstić information content (AvgIpc) is 1.69. The molecule has 642 valence electrons. The largest absolute Gasteiger partial charge is 0.310 e. The van der Waals surface area contributed by atoms with Crippen molar-refractivity contribution in [1.82, 2.24) is 0 Å². The molecule has 0 radical (unpaired) electrons. The number of rotatable bonds is 18. The van der Waals surface area contributed by atoms with Gasteiger partial charge in [0.1, 0.15) is 0 Å². The molecular weight excluding hydrogens is 1670 g/mol. The van der Waals surface area contributed by atoms with Crippen LogP contribution < -0.4 is 9.80 Å². The molecule has 3 heteroatoms. The van der Waals surface area contributed by atoms with E-state index in [1.54, 1.807) is 0 Å². The Morgan fingerprint density at radius 3 is 0.876 bits per heavy atom. The molecule has 0 amide bonds. The Balaban J connectivity index is 0.000000150. The van der Waals surface area contributed by atoms with E-state index in [-0.39, 0.29) is 0 Å². The maximum atomic E-state index is 2.41. The number of fused-ring (bicyclic) bond motifs is 8. The molecule has 1 aromatic heterocycles. The Labute approximate surface area is 802 Å². The van der Waals surface area contributed by atoms with Crippen LogP contribution in [-0.4, -0.2) is 0 Å². The standard InChI is InChI=1S/C68H45NS.C66H45N/c1-5-20-49(21-6-1)64-61-33-18-32-58(68(61)67(52-26-11-4-12-27-52)66(51-24-9-3-10-25-51)65(64)50-22-7-2-8-23-50)48-37-41-54(42-38-48)69(55-43-44-60-59-30-15-16-34-62(59)70-63(60)45-55)53-39-35-47(36-40-53)57-31-17-28-46-19-13-14-29-56(46)57;1-5-21-50(22-6-1)62-60-33-18-32-59(66(60)65(53-27-11-4-12-28-53)64(52-25-9-3-10-26-52)63(62)51-23-7-2-8-24-51)49-39-43-57(44-40-49)67(61-34-17-30-48-20-15-16-31-58(48)61)56-41-37-47(38-42-56)55-36-35-46-19-13-14-29-54(46)45-55/h1-45H;1-45H. The second kappa shape index (κ2) is 36.5. The predicted octanol–water partition coefficient (Wildman–Crippen LogP) is 38.5. The van der Waals surface area contributed by atoms with Gasteiger partial charge in [-0.3, -0.25) is 0 Å². The SMILES string of the molecule is c1ccc(-c2c(-c3ccccc3)c(-c3ccccc3)c3c(-c4ccc(N(c5ccc(-c6ccc7ccccc7c6)cc5)c5cccc6ccccc56)cc4)cccc3c2-c2ccccc2)cc1.c1ccc(-c2c(-c3ccccc3)c(-c3ccccc3)c3c(-c4ccc(N(c5ccc(-c6cccc7ccccc67)cc5)c5ccc6c(c5)sc5ccccc56)cc4)cccc3c2-c2ccccc2)cc1. The number of hydrogen-bond acceptors (Lipinski definition) is 3. The Morgan fingerprint density at radius 1 is 0.131 bits per heavy atom. The number of nitrogens with zero attached hydrogens (tertiary/aromatic N) is 2. The van der Waals surface area contributed by atoms with E-state index in [1.165, 1.54) is 196 Å². The summed E-state index contributed by atoms with van der Waals surface area (Å²) in [7, 11) is 0. The fourth-order valence-corrected chi connectivity index (χ4v) is 22.0. The smallest absolute Gasteiger partial charge is 0.0540 e. The molecule has 0 atom stereocenters. The second-order valence-corrected chi connectivity index (χ2v) is 36.2. The maximum absolute atomic E-state index is 2.41. The van der Waals surface area contributed by atoms with Crippen LogP contribution in [0.4, 0.5) is 34.1 Å². The second-order valence-electron chi connectivity index (χ2n) is 35.1. The Bertz CT molecular complexity index is 8720. The van der Waals surface area contributed by atoms with Crippen molar-refractivity contribution < 1.29 is 0 Å². The Kier molecular flexibility index (Phi) is 22.0. The van der Waals surface area contributed by atoms with Gasteiger partial charge in [-0.15, -0.1) is 11.3 Å². The minimum absolute atomic E-state index is 1.09. The summed E-state index contributed by atoms with van der Waals surface area (Å²) in [5.74, 6) is 0. The number of anilines is 6. The molecule has 0 aliphatic heterocycles. The third kappa shape index (κ3) is 15.6. The lowest BCUT2D eigenvalue weighted by Crippen LogP contribution is -2.10. The van der Waals surface area contributed by atoms with Gasteiger partial charge in [0.15, 0.2) is 0 Å². The third-order valence-electron chi connectivity index (χ3n) is 27.1. The van der Waals surface area contributed by atoms with Gasteiger partial charge in [-0.1, -0.05) is 467 Å². The van der Waals surface area contributed by atoms with Gasteiger partial charge < -0.3 is 9.80 Å². The molecule has 0 N–H and O–H groups in total. The van der Waals surface area contributed by atoms with Crippen LogP contribution in [-0.2, 0) is 0 Å². The lowest BCUT2D eigenvalue weighted by molar-refractivity contribution is 1.29. The van der Waals surface area contributed by atoms with Crippen LogP contribution in [0.3, 0.4) is 0 Å². The molecule has 25 aromatic rings. The number of benzene rings is 24. The van der Waals surface area contributed by atoms with E-state index in [9.17, 15) is 0 Å². The van der Waals surface area contributed by atoms with Crippen molar-refractivity contribution in [3.05, 3.63) is 546 Å².